The maximum absolute atomic E-state index is 11.2. The maximum atomic E-state index is 11.2. The number of amides is 1. The first-order valence-corrected chi connectivity index (χ1v) is 4.90. The molecule has 0 atom stereocenters. The molecule has 0 fully saturated rings. The van der Waals surface area contributed by atoms with Crippen LogP contribution in [0.15, 0.2) is 0 Å². The fourth-order valence-electron chi connectivity index (χ4n) is 1.15. The number of aliphatic carboxylic acids is 1. The van der Waals surface area contributed by atoms with Crippen molar-refractivity contribution < 1.29 is 14.7 Å². The van der Waals surface area contributed by atoms with Gasteiger partial charge in [-0.3, -0.25) is 9.59 Å². The molecule has 14 heavy (non-hydrogen) atoms. The van der Waals surface area contributed by atoms with Gasteiger partial charge in [-0.05, 0) is 26.7 Å². The third-order valence-electron chi connectivity index (χ3n) is 1.92. The van der Waals surface area contributed by atoms with Gasteiger partial charge in [0.1, 0.15) is 0 Å². The molecule has 0 aromatic rings. The molecule has 0 aliphatic rings. The highest BCUT2D eigenvalue weighted by atomic mass is 16.4. The zero-order valence-corrected chi connectivity index (χ0v) is 9.09. The molecule has 0 aliphatic carbocycles. The fraction of sp³-hybridized carbons (Fsp3) is 0.800. The van der Waals surface area contributed by atoms with Gasteiger partial charge in [0.25, 0.3) is 0 Å². The molecule has 0 radical (unpaired) electrons. The molecule has 0 aliphatic heterocycles. The van der Waals surface area contributed by atoms with E-state index >= 15 is 0 Å². The fourth-order valence-corrected chi connectivity index (χ4v) is 1.15. The van der Waals surface area contributed by atoms with Crippen LogP contribution < -0.4 is 5.32 Å². The summed E-state index contributed by atoms with van der Waals surface area (Å²) in [5.41, 5.74) is -0.426. The molecule has 1 amide bonds. The summed E-state index contributed by atoms with van der Waals surface area (Å²) in [6, 6.07) is 0. The van der Waals surface area contributed by atoms with E-state index in [1.54, 1.807) is 0 Å². The van der Waals surface area contributed by atoms with Gasteiger partial charge < -0.3 is 10.4 Å². The summed E-state index contributed by atoms with van der Waals surface area (Å²) in [5, 5.41) is 11.3. The Balaban J connectivity index is 3.93. The van der Waals surface area contributed by atoms with Gasteiger partial charge in [-0.15, -0.1) is 0 Å². The molecular weight excluding hydrogens is 182 g/mol. The summed E-state index contributed by atoms with van der Waals surface area (Å²) >= 11 is 0. The highest BCUT2D eigenvalue weighted by Crippen LogP contribution is 2.11. The highest BCUT2D eigenvalue weighted by Gasteiger charge is 2.20. The number of carbonyl (C=O) groups is 2. The minimum absolute atomic E-state index is 0.0112. The number of hydrogen-bond donors (Lipinski definition) is 2. The van der Waals surface area contributed by atoms with Crippen molar-refractivity contribution in [1.82, 2.24) is 5.32 Å². The Bertz CT molecular complexity index is 211. The SMILES string of the molecule is CCCC(=O)NC(C)(C)CCC(=O)O. The number of carboxylic acid groups (broad SMARTS) is 1. The third kappa shape index (κ3) is 6.46. The zero-order valence-electron chi connectivity index (χ0n) is 9.09. The number of rotatable bonds is 6. The topological polar surface area (TPSA) is 66.4 Å². The van der Waals surface area contributed by atoms with Crippen LogP contribution in [-0.2, 0) is 9.59 Å². The van der Waals surface area contributed by atoms with E-state index in [0.717, 1.165) is 6.42 Å². The zero-order chi connectivity index (χ0) is 11.2. The first-order chi connectivity index (χ1) is 6.37. The minimum Gasteiger partial charge on any atom is -0.481 e. The van der Waals surface area contributed by atoms with Crippen molar-refractivity contribution in [3.05, 3.63) is 0 Å². The second-order valence-electron chi connectivity index (χ2n) is 4.08. The average molecular weight is 201 g/mol. The molecule has 0 spiro atoms. The molecule has 0 bridgehead atoms. The first kappa shape index (κ1) is 12.9. The van der Waals surface area contributed by atoms with Crippen LogP contribution in [0.2, 0.25) is 0 Å². The van der Waals surface area contributed by atoms with Crippen LogP contribution in [0.5, 0.6) is 0 Å². The normalized spacial score (nSPS) is 11.1. The smallest absolute Gasteiger partial charge is 0.303 e. The molecule has 0 saturated heterocycles. The van der Waals surface area contributed by atoms with E-state index in [1.165, 1.54) is 0 Å². The molecule has 0 rings (SSSR count). The average Bonchev–Trinajstić information content (AvgIpc) is 2.00. The van der Waals surface area contributed by atoms with E-state index in [9.17, 15) is 9.59 Å². The second kappa shape index (κ2) is 5.62. The Morgan fingerprint density at radius 1 is 1.29 bits per heavy atom. The van der Waals surface area contributed by atoms with Gasteiger partial charge >= 0.3 is 5.97 Å². The van der Waals surface area contributed by atoms with E-state index in [1.807, 2.05) is 20.8 Å². The molecule has 0 aromatic carbocycles. The van der Waals surface area contributed by atoms with Gasteiger partial charge in [-0.1, -0.05) is 6.92 Å². The monoisotopic (exact) mass is 201 g/mol. The van der Waals surface area contributed by atoms with Crippen molar-refractivity contribution in [3.63, 3.8) is 0 Å². The van der Waals surface area contributed by atoms with Crippen LogP contribution in [-0.4, -0.2) is 22.5 Å². The first-order valence-electron chi connectivity index (χ1n) is 4.90. The summed E-state index contributed by atoms with van der Waals surface area (Å²) in [4.78, 5) is 21.6. The second-order valence-corrected chi connectivity index (χ2v) is 4.08. The lowest BCUT2D eigenvalue weighted by atomic mass is 9.98. The Hall–Kier alpha value is -1.06. The van der Waals surface area contributed by atoms with Crippen molar-refractivity contribution >= 4 is 11.9 Å². The van der Waals surface area contributed by atoms with Gasteiger partial charge in [0, 0.05) is 18.4 Å². The molecule has 0 heterocycles. The van der Waals surface area contributed by atoms with Crippen molar-refractivity contribution in [1.29, 1.82) is 0 Å². The third-order valence-corrected chi connectivity index (χ3v) is 1.92. The molecule has 0 unspecified atom stereocenters. The van der Waals surface area contributed by atoms with Crippen LogP contribution in [0.1, 0.15) is 46.5 Å². The summed E-state index contributed by atoms with van der Waals surface area (Å²) in [6.07, 6.45) is 1.84. The standard InChI is InChI=1S/C10H19NO3/c1-4-5-8(12)11-10(2,3)7-6-9(13)14/h4-7H2,1-3H3,(H,11,12)(H,13,14). The maximum Gasteiger partial charge on any atom is 0.303 e. The van der Waals surface area contributed by atoms with Crippen LogP contribution in [0, 0.1) is 0 Å². The molecule has 0 saturated carbocycles. The summed E-state index contributed by atoms with van der Waals surface area (Å²) in [5.74, 6) is -0.842. The van der Waals surface area contributed by atoms with Gasteiger partial charge in [0.15, 0.2) is 0 Å². The van der Waals surface area contributed by atoms with E-state index in [4.69, 9.17) is 5.11 Å². The van der Waals surface area contributed by atoms with E-state index in [2.05, 4.69) is 5.32 Å². The molecule has 4 nitrogen and oxygen atoms in total. The Labute approximate surface area is 84.7 Å². The lowest BCUT2D eigenvalue weighted by Gasteiger charge is -2.25. The van der Waals surface area contributed by atoms with E-state index in [-0.39, 0.29) is 12.3 Å². The Morgan fingerprint density at radius 3 is 2.29 bits per heavy atom. The van der Waals surface area contributed by atoms with Crippen molar-refractivity contribution in [2.24, 2.45) is 0 Å². The number of nitrogens with one attached hydrogen (secondary N) is 1. The van der Waals surface area contributed by atoms with Crippen molar-refractivity contribution in [3.8, 4) is 0 Å². The molecule has 0 aromatic heterocycles. The lowest BCUT2D eigenvalue weighted by molar-refractivity contribution is -0.137. The van der Waals surface area contributed by atoms with Crippen LogP contribution in [0.25, 0.3) is 0 Å². The Kier molecular flexibility index (Phi) is 5.20. The van der Waals surface area contributed by atoms with Crippen LogP contribution in [0.4, 0.5) is 0 Å². The molecule has 4 heteroatoms. The van der Waals surface area contributed by atoms with Gasteiger partial charge in [-0.2, -0.15) is 0 Å². The van der Waals surface area contributed by atoms with Crippen LogP contribution in [0.3, 0.4) is 0 Å². The molecule has 82 valence electrons. The predicted molar refractivity (Wildman–Crippen MR) is 54.0 cm³/mol. The molecular formula is C10H19NO3. The van der Waals surface area contributed by atoms with Crippen LogP contribution >= 0.6 is 0 Å². The van der Waals surface area contributed by atoms with Gasteiger partial charge in [0.05, 0.1) is 0 Å². The number of hydrogen-bond acceptors (Lipinski definition) is 2. The minimum atomic E-state index is -0.831. The summed E-state index contributed by atoms with van der Waals surface area (Å²) < 4.78 is 0. The molecule has 2 N–H and O–H groups in total. The highest BCUT2D eigenvalue weighted by molar-refractivity contribution is 5.76. The quantitative estimate of drug-likeness (QED) is 0.685. The summed E-state index contributed by atoms with van der Waals surface area (Å²) in [7, 11) is 0. The van der Waals surface area contributed by atoms with Gasteiger partial charge in [0.2, 0.25) is 5.91 Å². The van der Waals surface area contributed by atoms with Gasteiger partial charge in [-0.25, -0.2) is 0 Å². The largest absolute Gasteiger partial charge is 0.481 e. The predicted octanol–water partition coefficient (Wildman–Crippen LogP) is 1.55. The lowest BCUT2D eigenvalue weighted by Crippen LogP contribution is -2.43. The number of carboxylic acids is 1. The van der Waals surface area contributed by atoms with Crippen molar-refractivity contribution in [2.75, 3.05) is 0 Å². The Morgan fingerprint density at radius 2 is 1.86 bits per heavy atom. The van der Waals surface area contributed by atoms with Crippen molar-refractivity contribution in [2.45, 2.75) is 52.0 Å². The van der Waals surface area contributed by atoms with E-state index < -0.39 is 11.5 Å². The van der Waals surface area contributed by atoms with E-state index in [0.29, 0.717) is 12.8 Å². The number of carbonyl (C=O) groups excluding carboxylic acids is 1. The summed E-state index contributed by atoms with van der Waals surface area (Å²) in [6.45, 7) is 5.61.